The number of carbonyl (C=O) groups is 1. The highest BCUT2D eigenvalue weighted by molar-refractivity contribution is 5.93. The molecule has 3 rings (SSSR count). The number of hydrogen-bond acceptors (Lipinski definition) is 2. The molecule has 4 nitrogen and oxygen atoms in total. The average molecular weight is 295 g/mol. The summed E-state index contributed by atoms with van der Waals surface area (Å²) in [6.07, 6.45) is 3.90. The van der Waals surface area contributed by atoms with Crippen LogP contribution in [-0.2, 0) is 13.5 Å². The van der Waals surface area contributed by atoms with E-state index in [0.717, 1.165) is 25.1 Å². The van der Waals surface area contributed by atoms with Gasteiger partial charge in [0.15, 0.2) is 0 Å². The fourth-order valence-electron chi connectivity index (χ4n) is 2.83. The molecule has 0 saturated carbocycles. The van der Waals surface area contributed by atoms with Crippen molar-refractivity contribution in [2.75, 3.05) is 13.1 Å². The summed E-state index contributed by atoms with van der Waals surface area (Å²) in [6, 6.07) is 12.3. The van der Waals surface area contributed by atoms with E-state index >= 15 is 0 Å². The molecule has 0 atom stereocenters. The van der Waals surface area contributed by atoms with Crippen molar-refractivity contribution in [3.05, 3.63) is 59.4 Å². The van der Waals surface area contributed by atoms with E-state index in [1.54, 1.807) is 4.68 Å². The monoisotopic (exact) mass is 295 g/mol. The smallest absolute Gasteiger partial charge is 0.272 e. The highest BCUT2D eigenvalue weighted by Crippen LogP contribution is 2.23. The van der Waals surface area contributed by atoms with Crippen molar-refractivity contribution in [1.29, 1.82) is 0 Å². The minimum absolute atomic E-state index is 0.0676. The number of nitrogens with zero attached hydrogens (tertiary/aromatic N) is 3. The fourth-order valence-corrected chi connectivity index (χ4v) is 2.83. The Morgan fingerprint density at radius 3 is 2.64 bits per heavy atom. The van der Waals surface area contributed by atoms with Gasteiger partial charge in [-0.15, -0.1) is 0 Å². The van der Waals surface area contributed by atoms with Crippen LogP contribution in [-0.4, -0.2) is 33.7 Å². The number of benzene rings is 1. The van der Waals surface area contributed by atoms with Crippen molar-refractivity contribution in [3.63, 3.8) is 0 Å². The summed E-state index contributed by atoms with van der Waals surface area (Å²) in [4.78, 5) is 14.5. The number of rotatable bonds is 3. The second-order valence-electron chi connectivity index (χ2n) is 5.59. The molecule has 0 aliphatic carbocycles. The summed E-state index contributed by atoms with van der Waals surface area (Å²) in [6.45, 7) is 3.47. The first-order valence-corrected chi connectivity index (χ1v) is 7.75. The van der Waals surface area contributed by atoms with Gasteiger partial charge < -0.3 is 4.90 Å². The molecule has 22 heavy (non-hydrogen) atoms. The quantitative estimate of drug-likeness (QED) is 0.873. The molecule has 1 aromatic carbocycles. The van der Waals surface area contributed by atoms with Crippen LogP contribution >= 0.6 is 0 Å². The molecule has 0 spiro atoms. The molecule has 0 saturated heterocycles. The number of hydrogen-bond donors (Lipinski definition) is 0. The van der Waals surface area contributed by atoms with Gasteiger partial charge in [0.25, 0.3) is 5.91 Å². The fraction of sp³-hybridized carbons (Fsp3) is 0.333. The lowest BCUT2D eigenvalue weighted by Gasteiger charge is -2.26. The van der Waals surface area contributed by atoms with Crippen LogP contribution in [0.4, 0.5) is 0 Å². The molecular formula is C18H21N3O. The molecule has 0 bridgehead atoms. The average Bonchev–Trinajstić information content (AvgIpc) is 2.96. The van der Waals surface area contributed by atoms with Gasteiger partial charge in [-0.05, 0) is 30.0 Å². The Hall–Kier alpha value is -2.36. The maximum Gasteiger partial charge on any atom is 0.272 e. The van der Waals surface area contributed by atoms with Crippen LogP contribution in [0.3, 0.4) is 0 Å². The second kappa shape index (κ2) is 6.18. The minimum atomic E-state index is 0.0676. The first-order chi connectivity index (χ1) is 10.7. The van der Waals surface area contributed by atoms with E-state index in [-0.39, 0.29) is 5.91 Å². The standard InChI is InChI=1S/C18H21N3O/c1-3-16-13-17(20(2)19-16)18(22)21-11-9-15(10-12-21)14-7-5-4-6-8-14/h4-9,13H,3,10-12H2,1-2H3. The normalized spacial score (nSPS) is 14.8. The van der Waals surface area contributed by atoms with Crippen molar-refractivity contribution < 1.29 is 4.79 Å². The highest BCUT2D eigenvalue weighted by atomic mass is 16.2. The summed E-state index contributed by atoms with van der Waals surface area (Å²) < 4.78 is 1.69. The summed E-state index contributed by atoms with van der Waals surface area (Å²) in [5, 5.41) is 4.36. The van der Waals surface area contributed by atoms with Gasteiger partial charge >= 0.3 is 0 Å². The maximum atomic E-state index is 12.6. The van der Waals surface area contributed by atoms with Crippen LogP contribution in [0.15, 0.2) is 42.5 Å². The zero-order chi connectivity index (χ0) is 15.5. The number of amides is 1. The summed E-state index contributed by atoms with van der Waals surface area (Å²) in [5.74, 6) is 0.0676. The van der Waals surface area contributed by atoms with Gasteiger partial charge in [0, 0.05) is 20.1 Å². The van der Waals surface area contributed by atoms with Gasteiger partial charge in [-0.3, -0.25) is 9.48 Å². The van der Waals surface area contributed by atoms with Crippen LogP contribution in [0.2, 0.25) is 0 Å². The zero-order valence-corrected chi connectivity index (χ0v) is 13.1. The number of aromatic nitrogens is 2. The number of aryl methyl sites for hydroxylation is 2. The van der Waals surface area contributed by atoms with Crippen LogP contribution in [0.1, 0.15) is 35.1 Å². The van der Waals surface area contributed by atoms with E-state index in [4.69, 9.17) is 0 Å². The second-order valence-corrected chi connectivity index (χ2v) is 5.59. The third-order valence-corrected chi connectivity index (χ3v) is 4.15. The third kappa shape index (κ3) is 2.82. The van der Waals surface area contributed by atoms with Crippen molar-refractivity contribution in [3.8, 4) is 0 Å². The Bertz CT molecular complexity index is 700. The largest absolute Gasteiger partial charge is 0.333 e. The lowest BCUT2D eigenvalue weighted by molar-refractivity contribution is 0.0762. The molecule has 2 heterocycles. The summed E-state index contributed by atoms with van der Waals surface area (Å²) in [7, 11) is 1.83. The molecule has 2 aromatic rings. The molecule has 1 aliphatic heterocycles. The van der Waals surface area contributed by atoms with Crippen LogP contribution < -0.4 is 0 Å². The van der Waals surface area contributed by atoms with Gasteiger partial charge in [0.2, 0.25) is 0 Å². The zero-order valence-electron chi connectivity index (χ0n) is 13.1. The lowest BCUT2D eigenvalue weighted by Crippen LogP contribution is -2.35. The molecule has 114 valence electrons. The molecule has 0 N–H and O–H groups in total. The van der Waals surface area contributed by atoms with Gasteiger partial charge in [-0.1, -0.05) is 43.3 Å². The van der Waals surface area contributed by atoms with Crippen molar-refractivity contribution >= 4 is 11.5 Å². The Kier molecular flexibility index (Phi) is 4.09. The SMILES string of the molecule is CCc1cc(C(=O)N2CC=C(c3ccccc3)CC2)n(C)n1. The van der Waals surface area contributed by atoms with Gasteiger partial charge in [-0.2, -0.15) is 5.10 Å². The van der Waals surface area contributed by atoms with Crippen molar-refractivity contribution in [2.45, 2.75) is 19.8 Å². The van der Waals surface area contributed by atoms with Crippen LogP contribution in [0.25, 0.3) is 5.57 Å². The summed E-state index contributed by atoms with van der Waals surface area (Å²) >= 11 is 0. The molecule has 0 radical (unpaired) electrons. The maximum absolute atomic E-state index is 12.6. The van der Waals surface area contributed by atoms with Crippen molar-refractivity contribution in [2.24, 2.45) is 7.05 Å². The Labute approximate surface area is 131 Å². The molecule has 1 aromatic heterocycles. The molecule has 1 amide bonds. The Morgan fingerprint density at radius 2 is 2.05 bits per heavy atom. The van der Waals surface area contributed by atoms with E-state index in [0.29, 0.717) is 12.2 Å². The molecule has 4 heteroatoms. The summed E-state index contributed by atoms with van der Waals surface area (Å²) in [5.41, 5.74) is 4.21. The number of carbonyl (C=O) groups excluding carboxylic acids is 1. The van der Waals surface area contributed by atoms with Gasteiger partial charge in [0.05, 0.1) is 5.69 Å². The van der Waals surface area contributed by atoms with E-state index in [2.05, 4.69) is 35.4 Å². The first kappa shape index (κ1) is 14.6. The molecule has 0 unspecified atom stereocenters. The highest BCUT2D eigenvalue weighted by Gasteiger charge is 2.22. The predicted octanol–water partition coefficient (Wildman–Crippen LogP) is 2.91. The molecular weight excluding hydrogens is 274 g/mol. The van der Waals surface area contributed by atoms with E-state index in [1.165, 1.54) is 11.1 Å². The van der Waals surface area contributed by atoms with E-state index in [9.17, 15) is 4.79 Å². The van der Waals surface area contributed by atoms with Crippen molar-refractivity contribution in [1.82, 2.24) is 14.7 Å². The van der Waals surface area contributed by atoms with Gasteiger partial charge in [-0.25, -0.2) is 0 Å². The Morgan fingerprint density at radius 1 is 1.27 bits per heavy atom. The minimum Gasteiger partial charge on any atom is -0.333 e. The molecule has 1 aliphatic rings. The van der Waals surface area contributed by atoms with Gasteiger partial charge in [0.1, 0.15) is 5.69 Å². The van der Waals surface area contributed by atoms with E-state index in [1.807, 2.05) is 31.0 Å². The molecule has 0 fully saturated rings. The third-order valence-electron chi connectivity index (χ3n) is 4.15. The first-order valence-electron chi connectivity index (χ1n) is 7.75. The lowest BCUT2D eigenvalue weighted by atomic mass is 9.99. The topological polar surface area (TPSA) is 38.1 Å². The Balaban J connectivity index is 1.74. The van der Waals surface area contributed by atoms with Crippen LogP contribution in [0.5, 0.6) is 0 Å². The van der Waals surface area contributed by atoms with Crippen LogP contribution in [0, 0.1) is 0 Å². The predicted molar refractivity (Wildman–Crippen MR) is 87.5 cm³/mol. The van der Waals surface area contributed by atoms with E-state index < -0.39 is 0 Å².